The molecule has 0 saturated carbocycles. The van der Waals surface area contributed by atoms with Crippen LogP contribution in [0.3, 0.4) is 0 Å². The summed E-state index contributed by atoms with van der Waals surface area (Å²) >= 11 is 0. The number of amides is 1. The second-order valence-electron chi connectivity index (χ2n) is 9.84. The standard InChI is InChI=1S/C27H27F2N5O4/c1-16-7-10-32(11-8-16)27-30-22-9-12-33(26(35)18-4-3-17(2)23(13-18)34(36)37)15-20(22)25(31-27)38-24-6-5-19(28)14-21(24)29/h3-6,13-14,16H,7-12,15H2,1-2H3. The van der Waals surface area contributed by atoms with E-state index in [1.807, 2.05) is 0 Å². The molecule has 1 aromatic heterocycles. The third kappa shape index (κ3) is 5.13. The average molecular weight is 524 g/mol. The number of carbonyl (C=O) groups excluding carboxylic acids is 1. The number of anilines is 1. The predicted octanol–water partition coefficient (Wildman–Crippen LogP) is 5.20. The summed E-state index contributed by atoms with van der Waals surface area (Å²) in [5.41, 5.74) is 1.72. The van der Waals surface area contributed by atoms with Gasteiger partial charge in [0, 0.05) is 49.3 Å². The van der Waals surface area contributed by atoms with Gasteiger partial charge in [0.15, 0.2) is 11.6 Å². The molecule has 9 nitrogen and oxygen atoms in total. The average Bonchev–Trinajstić information content (AvgIpc) is 2.90. The van der Waals surface area contributed by atoms with Crippen molar-refractivity contribution in [3.05, 3.63) is 80.5 Å². The second kappa shape index (κ2) is 10.3. The number of hydrogen-bond donors (Lipinski definition) is 0. The van der Waals surface area contributed by atoms with Crippen LogP contribution in [0, 0.1) is 34.6 Å². The number of carbonyl (C=O) groups is 1. The van der Waals surface area contributed by atoms with E-state index < -0.39 is 16.6 Å². The largest absolute Gasteiger partial charge is 0.435 e. The Morgan fingerprint density at radius 1 is 1.11 bits per heavy atom. The monoisotopic (exact) mass is 523 g/mol. The van der Waals surface area contributed by atoms with E-state index >= 15 is 0 Å². The van der Waals surface area contributed by atoms with Gasteiger partial charge in [-0.1, -0.05) is 13.0 Å². The van der Waals surface area contributed by atoms with Gasteiger partial charge in [-0.3, -0.25) is 14.9 Å². The molecule has 3 heterocycles. The SMILES string of the molecule is Cc1ccc(C(=O)N2CCc3nc(N4CCC(C)CC4)nc(Oc4ccc(F)cc4F)c3C2)cc1[N+](=O)[O-]. The highest BCUT2D eigenvalue weighted by atomic mass is 19.1. The van der Waals surface area contributed by atoms with Crippen LogP contribution in [0.25, 0.3) is 0 Å². The molecule has 3 aromatic rings. The Hall–Kier alpha value is -4.15. The molecule has 1 amide bonds. The topological polar surface area (TPSA) is 102 Å². The molecule has 0 spiro atoms. The van der Waals surface area contributed by atoms with E-state index in [9.17, 15) is 23.7 Å². The van der Waals surface area contributed by atoms with Crippen molar-refractivity contribution in [2.75, 3.05) is 24.5 Å². The van der Waals surface area contributed by atoms with Crippen LogP contribution in [-0.2, 0) is 13.0 Å². The van der Waals surface area contributed by atoms with Gasteiger partial charge >= 0.3 is 0 Å². The number of rotatable bonds is 5. The van der Waals surface area contributed by atoms with Gasteiger partial charge in [0.1, 0.15) is 5.82 Å². The molecule has 38 heavy (non-hydrogen) atoms. The Morgan fingerprint density at radius 2 is 1.87 bits per heavy atom. The summed E-state index contributed by atoms with van der Waals surface area (Å²) in [6.07, 6.45) is 2.39. The number of piperidine rings is 1. The number of fused-ring (bicyclic) bond motifs is 1. The number of halogens is 2. The second-order valence-corrected chi connectivity index (χ2v) is 9.84. The molecule has 2 aliphatic rings. The minimum Gasteiger partial charge on any atom is -0.435 e. The van der Waals surface area contributed by atoms with E-state index in [4.69, 9.17) is 9.72 Å². The van der Waals surface area contributed by atoms with Crippen LogP contribution in [0.2, 0.25) is 0 Å². The number of nitrogens with zero attached hydrogens (tertiary/aromatic N) is 5. The molecule has 11 heteroatoms. The first-order valence-corrected chi connectivity index (χ1v) is 12.5. The zero-order valence-electron chi connectivity index (χ0n) is 21.1. The molecule has 1 fully saturated rings. The van der Waals surface area contributed by atoms with Crippen LogP contribution < -0.4 is 9.64 Å². The van der Waals surface area contributed by atoms with Crippen molar-refractivity contribution < 1.29 is 23.2 Å². The molecule has 2 aromatic carbocycles. The van der Waals surface area contributed by atoms with E-state index in [0.29, 0.717) is 41.7 Å². The summed E-state index contributed by atoms with van der Waals surface area (Å²) in [4.78, 5) is 37.2. The first-order chi connectivity index (χ1) is 18.2. The number of nitro benzene ring substituents is 1. The molecule has 0 N–H and O–H groups in total. The number of benzene rings is 2. The summed E-state index contributed by atoms with van der Waals surface area (Å²) in [6, 6.07) is 7.40. The Morgan fingerprint density at radius 3 is 2.58 bits per heavy atom. The molecule has 0 bridgehead atoms. The van der Waals surface area contributed by atoms with Gasteiger partial charge in [0.2, 0.25) is 11.8 Å². The summed E-state index contributed by atoms with van der Waals surface area (Å²) in [5.74, 6) is -1.00. The fourth-order valence-electron chi connectivity index (χ4n) is 4.76. The van der Waals surface area contributed by atoms with Crippen molar-refractivity contribution in [2.24, 2.45) is 5.92 Å². The van der Waals surface area contributed by atoms with Gasteiger partial charge < -0.3 is 14.5 Å². The number of aryl methyl sites for hydroxylation is 1. The smallest absolute Gasteiger partial charge is 0.273 e. The number of hydrogen-bond acceptors (Lipinski definition) is 7. The molecular weight excluding hydrogens is 496 g/mol. The van der Waals surface area contributed by atoms with Crippen LogP contribution in [-0.4, -0.2) is 45.3 Å². The van der Waals surface area contributed by atoms with Gasteiger partial charge in [-0.05, 0) is 43.9 Å². The lowest BCUT2D eigenvalue weighted by Gasteiger charge is -2.33. The lowest BCUT2D eigenvalue weighted by atomic mass is 9.99. The molecule has 1 saturated heterocycles. The van der Waals surface area contributed by atoms with Gasteiger partial charge in [-0.25, -0.2) is 13.8 Å². The molecule has 198 valence electrons. The summed E-state index contributed by atoms with van der Waals surface area (Å²) in [7, 11) is 0. The minimum atomic E-state index is -0.874. The highest BCUT2D eigenvalue weighted by Crippen LogP contribution is 2.34. The van der Waals surface area contributed by atoms with Crippen LogP contribution in [0.4, 0.5) is 20.4 Å². The predicted molar refractivity (Wildman–Crippen MR) is 135 cm³/mol. The van der Waals surface area contributed by atoms with E-state index in [1.54, 1.807) is 19.1 Å². The summed E-state index contributed by atoms with van der Waals surface area (Å²) in [6.45, 7) is 5.78. The molecule has 5 rings (SSSR count). The van der Waals surface area contributed by atoms with E-state index in [0.717, 1.165) is 38.1 Å². The zero-order valence-corrected chi connectivity index (χ0v) is 21.1. The molecule has 2 aliphatic heterocycles. The zero-order chi connectivity index (χ0) is 27.0. The molecule has 0 aliphatic carbocycles. The third-order valence-corrected chi connectivity index (χ3v) is 7.12. The van der Waals surface area contributed by atoms with Crippen LogP contribution >= 0.6 is 0 Å². The Labute approximate surface area is 218 Å². The van der Waals surface area contributed by atoms with Crippen molar-refractivity contribution in [3.63, 3.8) is 0 Å². The summed E-state index contributed by atoms with van der Waals surface area (Å²) in [5, 5.41) is 11.4. The number of nitro groups is 1. The maximum Gasteiger partial charge on any atom is 0.273 e. The van der Waals surface area contributed by atoms with Gasteiger partial charge in [-0.15, -0.1) is 0 Å². The maximum absolute atomic E-state index is 14.5. The first kappa shape index (κ1) is 25.5. The highest BCUT2D eigenvalue weighted by Gasteiger charge is 2.30. The van der Waals surface area contributed by atoms with Crippen LogP contribution in [0.1, 0.15) is 46.9 Å². The van der Waals surface area contributed by atoms with E-state index in [2.05, 4.69) is 16.8 Å². The minimum absolute atomic E-state index is 0.0747. The first-order valence-electron chi connectivity index (χ1n) is 12.5. The van der Waals surface area contributed by atoms with Crippen molar-refractivity contribution in [1.29, 1.82) is 0 Å². The van der Waals surface area contributed by atoms with Crippen molar-refractivity contribution in [1.82, 2.24) is 14.9 Å². The van der Waals surface area contributed by atoms with Crippen molar-refractivity contribution in [3.8, 4) is 11.6 Å². The Kier molecular flexibility index (Phi) is 6.92. The number of aromatic nitrogens is 2. The van der Waals surface area contributed by atoms with Crippen LogP contribution in [0.5, 0.6) is 11.6 Å². The van der Waals surface area contributed by atoms with Crippen LogP contribution in [0.15, 0.2) is 36.4 Å². The number of ether oxygens (including phenoxy) is 1. The van der Waals surface area contributed by atoms with Gasteiger partial charge in [-0.2, -0.15) is 4.98 Å². The Balaban J connectivity index is 1.49. The molecule has 0 atom stereocenters. The quantitative estimate of drug-likeness (QED) is 0.335. The van der Waals surface area contributed by atoms with Gasteiger partial charge in [0.05, 0.1) is 22.7 Å². The Bertz CT molecular complexity index is 1410. The maximum atomic E-state index is 14.5. The van der Waals surface area contributed by atoms with Gasteiger partial charge in [0.25, 0.3) is 11.6 Å². The van der Waals surface area contributed by atoms with Crippen molar-refractivity contribution >= 4 is 17.5 Å². The highest BCUT2D eigenvalue weighted by molar-refractivity contribution is 5.95. The lowest BCUT2D eigenvalue weighted by Crippen LogP contribution is -2.38. The third-order valence-electron chi connectivity index (χ3n) is 7.12. The summed E-state index contributed by atoms with van der Waals surface area (Å²) < 4.78 is 33.8. The van der Waals surface area contributed by atoms with E-state index in [-0.39, 0.29) is 35.3 Å². The molecule has 0 unspecified atom stereocenters. The fourth-order valence-corrected chi connectivity index (χ4v) is 4.76. The lowest BCUT2D eigenvalue weighted by molar-refractivity contribution is -0.385. The molecular formula is C27H27F2N5O4. The van der Waals surface area contributed by atoms with Crippen molar-refractivity contribution in [2.45, 2.75) is 39.7 Å². The van der Waals surface area contributed by atoms with E-state index in [1.165, 1.54) is 17.0 Å². The molecule has 0 radical (unpaired) electrons. The normalized spacial score (nSPS) is 15.8. The fraction of sp³-hybridized carbons (Fsp3) is 0.370.